The zero-order valence-electron chi connectivity index (χ0n) is 13.8. The Morgan fingerprint density at radius 1 is 1.46 bits per heavy atom. The zero-order chi connectivity index (χ0) is 16.4. The predicted octanol–water partition coefficient (Wildman–Crippen LogP) is 0.801. The lowest BCUT2D eigenvalue weighted by Gasteiger charge is -2.31. The number of halogens is 1. The van der Waals surface area contributed by atoms with Crippen LogP contribution in [0.1, 0.15) is 23.4 Å². The maximum atomic E-state index is 12.4. The second-order valence-electron chi connectivity index (χ2n) is 6.19. The maximum Gasteiger partial charge on any atom is 0.410 e. The van der Waals surface area contributed by atoms with E-state index >= 15 is 0 Å². The molecule has 1 aromatic rings. The summed E-state index contributed by atoms with van der Waals surface area (Å²) in [5.41, 5.74) is 0.420. The summed E-state index contributed by atoms with van der Waals surface area (Å²) in [6.45, 7) is 4.55. The molecule has 2 fully saturated rings. The maximum absolute atomic E-state index is 12.4. The first-order valence-electron chi connectivity index (χ1n) is 7.69. The van der Waals surface area contributed by atoms with E-state index in [1.165, 1.54) is 16.4 Å². The monoisotopic (exact) mass is 375 g/mol. The average Bonchev–Trinajstić information content (AvgIpc) is 3.04. The van der Waals surface area contributed by atoms with E-state index in [-0.39, 0.29) is 31.0 Å². The molecule has 2 aliphatic rings. The summed E-state index contributed by atoms with van der Waals surface area (Å²) in [6.07, 6.45) is 1.21. The number of nitrogens with zero attached hydrogens (tertiary/aromatic N) is 4. The summed E-state index contributed by atoms with van der Waals surface area (Å²) in [6, 6.07) is 0. The Bertz CT molecular complexity index is 605. The molecule has 3 rings (SSSR count). The van der Waals surface area contributed by atoms with Crippen LogP contribution in [0.3, 0.4) is 0 Å². The molecule has 2 aliphatic heterocycles. The molecule has 1 aromatic heterocycles. The second kappa shape index (κ2) is 7.62. The summed E-state index contributed by atoms with van der Waals surface area (Å²) in [5.74, 6) is -0.110. The summed E-state index contributed by atoms with van der Waals surface area (Å²) in [4.78, 5) is 28.5. The lowest BCUT2D eigenvalue weighted by Crippen LogP contribution is -2.46. The van der Waals surface area contributed by atoms with E-state index in [0.29, 0.717) is 13.1 Å². The Kier molecular flexibility index (Phi) is 6.00. The van der Waals surface area contributed by atoms with Crippen LogP contribution in [0.15, 0.2) is 0 Å². The highest BCUT2D eigenvalue weighted by atomic mass is 35.5. The molecule has 8 nitrogen and oxygen atoms in total. The number of carbonyl (C=O) groups excluding carboxylic acids is 2. The number of piperidine rings is 1. The van der Waals surface area contributed by atoms with Crippen molar-refractivity contribution in [1.82, 2.24) is 24.7 Å². The molecule has 0 aliphatic carbocycles. The van der Waals surface area contributed by atoms with Crippen LogP contribution in [0.2, 0.25) is 0 Å². The van der Waals surface area contributed by atoms with Crippen molar-refractivity contribution >= 4 is 35.9 Å². The fourth-order valence-electron chi connectivity index (χ4n) is 2.94. The summed E-state index contributed by atoms with van der Waals surface area (Å²) in [5, 5.41) is 7.20. The van der Waals surface area contributed by atoms with E-state index in [9.17, 15) is 9.59 Å². The first-order chi connectivity index (χ1) is 11.0. The van der Waals surface area contributed by atoms with Crippen molar-refractivity contribution < 1.29 is 14.3 Å². The summed E-state index contributed by atoms with van der Waals surface area (Å²) in [7, 11) is 1.73. The first-order valence-corrected chi connectivity index (χ1v) is 8.47. The van der Waals surface area contributed by atoms with Crippen LogP contribution in [-0.4, -0.2) is 70.2 Å². The van der Waals surface area contributed by atoms with Crippen molar-refractivity contribution in [2.75, 3.05) is 33.2 Å². The highest BCUT2D eigenvalue weighted by molar-refractivity contribution is 7.05. The van der Waals surface area contributed by atoms with Gasteiger partial charge < -0.3 is 15.0 Å². The van der Waals surface area contributed by atoms with Gasteiger partial charge in [-0.3, -0.25) is 9.69 Å². The molecule has 2 saturated heterocycles. The molecule has 0 aromatic carbocycles. The SMILES string of the molecule is Cc1nnsc1CN(C)C(=O)CN1CC2(CCNCC2)OC1=O.Cl. The van der Waals surface area contributed by atoms with E-state index in [1.54, 1.807) is 11.9 Å². The first kappa shape index (κ1) is 18.9. The van der Waals surface area contributed by atoms with Crippen molar-refractivity contribution in [1.29, 1.82) is 0 Å². The van der Waals surface area contributed by atoms with Gasteiger partial charge in [-0.1, -0.05) is 4.49 Å². The minimum absolute atomic E-state index is 0. The third kappa shape index (κ3) is 3.96. The van der Waals surface area contributed by atoms with Gasteiger partial charge in [-0.2, -0.15) is 0 Å². The van der Waals surface area contributed by atoms with Gasteiger partial charge in [-0.05, 0) is 31.5 Å². The van der Waals surface area contributed by atoms with Gasteiger partial charge >= 0.3 is 6.09 Å². The number of hydrogen-bond acceptors (Lipinski definition) is 7. The van der Waals surface area contributed by atoms with Crippen molar-refractivity contribution in [3.8, 4) is 0 Å². The number of aromatic nitrogens is 2. The molecule has 24 heavy (non-hydrogen) atoms. The number of aryl methyl sites for hydroxylation is 1. The molecular weight excluding hydrogens is 354 g/mol. The fraction of sp³-hybridized carbons (Fsp3) is 0.714. The molecule has 1 spiro atoms. The van der Waals surface area contributed by atoms with Crippen molar-refractivity contribution in [3.05, 3.63) is 10.6 Å². The number of likely N-dealkylation sites (N-methyl/N-ethyl adjacent to an activating group) is 1. The molecular formula is C14H22ClN5O3S. The normalized spacial score (nSPS) is 19.1. The minimum Gasteiger partial charge on any atom is -0.441 e. The number of carbonyl (C=O) groups is 2. The van der Waals surface area contributed by atoms with Gasteiger partial charge in [0, 0.05) is 19.9 Å². The predicted molar refractivity (Wildman–Crippen MR) is 91.3 cm³/mol. The molecule has 2 amide bonds. The van der Waals surface area contributed by atoms with Gasteiger partial charge in [-0.15, -0.1) is 17.5 Å². The Morgan fingerprint density at radius 3 is 2.79 bits per heavy atom. The van der Waals surface area contributed by atoms with Crippen LogP contribution in [-0.2, 0) is 16.1 Å². The van der Waals surface area contributed by atoms with Crippen LogP contribution >= 0.6 is 23.9 Å². The quantitative estimate of drug-likeness (QED) is 0.837. The lowest BCUT2D eigenvalue weighted by molar-refractivity contribution is -0.130. The van der Waals surface area contributed by atoms with Crippen LogP contribution in [0.5, 0.6) is 0 Å². The van der Waals surface area contributed by atoms with Gasteiger partial charge in [-0.25, -0.2) is 4.79 Å². The van der Waals surface area contributed by atoms with E-state index < -0.39 is 5.60 Å². The van der Waals surface area contributed by atoms with Crippen LogP contribution in [0.25, 0.3) is 0 Å². The highest BCUT2D eigenvalue weighted by Crippen LogP contribution is 2.30. The van der Waals surface area contributed by atoms with Crippen LogP contribution in [0, 0.1) is 6.92 Å². The Balaban J connectivity index is 0.00000208. The Labute approximate surface area is 151 Å². The second-order valence-corrected chi connectivity index (χ2v) is 7.03. The van der Waals surface area contributed by atoms with E-state index in [2.05, 4.69) is 14.9 Å². The number of amides is 2. The van der Waals surface area contributed by atoms with Crippen LogP contribution in [0.4, 0.5) is 4.79 Å². The molecule has 134 valence electrons. The minimum atomic E-state index is -0.417. The largest absolute Gasteiger partial charge is 0.441 e. The Morgan fingerprint density at radius 2 is 2.17 bits per heavy atom. The number of hydrogen-bond donors (Lipinski definition) is 1. The van der Waals surface area contributed by atoms with Crippen molar-refractivity contribution in [2.24, 2.45) is 0 Å². The van der Waals surface area contributed by atoms with Gasteiger partial charge in [0.05, 0.1) is 23.7 Å². The Hall–Kier alpha value is -1.45. The molecule has 0 atom stereocenters. The van der Waals surface area contributed by atoms with Crippen molar-refractivity contribution in [3.63, 3.8) is 0 Å². The van der Waals surface area contributed by atoms with Gasteiger partial charge in [0.2, 0.25) is 5.91 Å². The van der Waals surface area contributed by atoms with Gasteiger partial charge in [0.25, 0.3) is 0 Å². The van der Waals surface area contributed by atoms with Gasteiger partial charge in [0.15, 0.2) is 0 Å². The third-order valence-corrected chi connectivity index (χ3v) is 5.24. The van der Waals surface area contributed by atoms with E-state index in [4.69, 9.17) is 4.74 Å². The average molecular weight is 376 g/mol. The molecule has 1 N–H and O–H groups in total. The lowest BCUT2D eigenvalue weighted by atomic mass is 9.92. The number of rotatable bonds is 4. The van der Waals surface area contributed by atoms with Gasteiger partial charge in [0.1, 0.15) is 12.1 Å². The molecule has 3 heterocycles. The smallest absolute Gasteiger partial charge is 0.410 e. The van der Waals surface area contributed by atoms with Crippen LogP contribution < -0.4 is 5.32 Å². The van der Waals surface area contributed by atoms with E-state index in [0.717, 1.165) is 36.5 Å². The topological polar surface area (TPSA) is 87.7 Å². The zero-order valence-corrected chi connectivity index (χ0v) is 15.4. The molecule has 0 bridgehead atoms. The number of ether oxygens (including phenoxy) is 1. The molecule has 0 radical (unpaired) electrons. The summed E-state index contributed by atoms with van der Waals surface area (Å²) >= 11 is 1.29. The van der Waals surface area contributed by atoms with Crippen molar-refractivity contribution in [2.45, 2.75) is 31.9 Å². The molecule has 10 heteroatoms. The van der Waals surface area contributed by atoms with E-state index in [1.807, 2.05) is 6.92 Å². The summed E-state index contributed by atoms with van der Waals surface area (Å²) < 4.78 is 9.44. The molecule has 0 saturated carbocycles. The highest BCUT2D eigenvalue weighted by Gasteiger charge is 2.46. The molecule has 0 unspecified atom stereocenters. The number of nitrogens with one attached hydrogen (secondary N) is 1. The fourth-order valence-corrected chi connectivity index (χ4v) is 3.63. The standard InChI is InChI=1S/C14H21N5O3S.ClH/c1-10-11(23-17-16-10)7-18(2)12(20)8-19-9-14(22-13(19)21)3-5-15-6-4-14;/h15H,3-9H2,1-2H3;1H. The third-order valence-electron chi connectivity index (χ3n) is 4.43.